The van der Waals surface area contributed by atoms with Gasteiger partial charge in [0.1, 0.15) is 0 Å². The number of imide groups is 1. The molecule has 82 valence electrons. The molecule has 2 amide bonds. The second-order valence-corrected chi connectivity index (χ2v) is 3.50. The second kappa shape index (κ2) is 3.13. The minimum Gasteiger partial charge on any atom is -0.478 e. The maximum atomic E-state index is 11.5. The number of amides is 2. The Hall–Kier alpha value is -2.24. The van der Waals surface area contributed by atoms with Crippen molar-refractivity contribution in [2.45, 2.75) is 13.8 Å². The van der Waals surface area contributed by atoms with Crippen molar-refractivity contribution in [3.05, 3.63) is 28.1 Å². The monoisotopic (exact) mass is 220 g/mol. The molecule has 6 heteroatoms. The van der Waals surface area contributed by atoms with E-state index < -0.39 is 17.8 Å². The number of nitrogens with zero attached hydrogens (tertiary/aromatic N) is 1. The summed E-state index contributed by atoms with van der Waals surface area (Å²) in [5.74, 6) is -2.52. The predicted octanol–water partition coefficient (Wildman–Crippen LogP) is 0.280. The smallest absolute Gasteiger partial charge is 0.338 e. The lowest BCUT2D eigenvalue weighted by Crippen LogP contribution is -2.20. The first-order valence-corrected chi connectivity index (χ1v) is 4.53. The predicted molar refractivity (Wildman–Crippen MR) is 52.5 cm³/mol. The van der Waals surface area contributed by atoms with Crippen molar-refractivity contribution in [3.8, 4) is 0 Å². The molecule has 0 aromatic carbocycles. The zero-order valence-corrected chi connectivity index (χ0v) is 8.62. The van der Waals surface area contributed by atoms with Crippen molar-refractivity contribution in [1.29, 1.82) is 0 Å². The van der Waals surface area contributed by atoms with E-state index in [9.17, 15) is 14.4 Å². The highest BCUT2D eigenvalue weighted by atomic mass is 16.4. The average Bonchev–Trinajstić information content (AvgIpc) is 2.41. The van der Waals surface area contributed by atoms with Gasteiger partial charge in [-0.25, -0.2) is 4.79 Å². The number of carboxylic acid groups (broad SMARTS) is 1. The summed E-state index contributed by atoms with van der Waals surface area (Å²) >= 11 is 0. The molecule has 0 bridgehead atoms. The normalized spacial score (nSPS) is 13.6. The number of fused-ring (bicyclic) bond motifs is 1. The van der Waals surface area contributed by atoms with Crippen LogP contribution in [0.15, 0.2) is 0 Å². The summed E-state index contributed by atoms with van der Waals surface area (Å²) in [5.41, 5.74) is 0.369. The minimum absolute atomic E-state index is 0.0630. The van der Waals surface area contributed by atoms with Crippen LogP contribution in [0.5, 0.6) is 0 Å². The van der Waals surface area contributed by atoms with Crippen molar-refractivity contribution in [3.63, 3.8) is 0 Å². The van der Waals surface area contributed by atoms with Crippen LogP contribution < -0.4 is 5.32 Å². The molecule has 0 aliphatic carbocycles. The van der Waals surface area contributed by atoms with Crippen LogP contribution in [0.1, 0.15) is 42.5 Å². The van der Waals surface area contributed by atoms with Crippen LogP contribution in [-0.4, -0.2) is 27.9 Å². The SMILES string of the molecule is Cc1nc(C)c2c(c1C(=O)O)C(=O)NC2=O. The topological polar surface area (TPSA) is 96.4 Å². The highest BCUT2D eigenvalue weighted by Gasteiger charge is 2.35. The summed E-state index contributed by atoms with van der Waals surface area (Å²) in [6, 6.07) is 0. The summed E-state index contributed by atoms with van der Waals surface area (Å²) in [5, 5.41) is 11.1. The molecular formula is C10H8N2O4. The largest absolute Gasteiger partial charge is 0.478 e. The first kappa shape index (κ1) is 10.3. The van der Waals surface area contributed by atoms with Crippen molar-refractivity contribution >= 4 is 17.8 Å². The highest BCUT2D eigenvalue weighted by molar-refractivity contribution is 6.25. The van der Waals surface area contributed by atoms with E-state index in [1.165, 1.54) is 6.92 Å². The zero-order chi connectivity index (χ0) is 12.0. The van der Waals surface area contributed by atoms with Gasteiger partial charge in [0, 0.05) is 0 Å². The van der Waals surface area contributed by atoms with Gasteiger partial charge < -0.3 is 5.11 Å². The number of hydrogen-bond donors (Lipinski definition) is 2. The number of pyridine rings is 1. The molecule has 2 heterocycles. The highest BCUT2D eigenvalue weighted by Crippen LogP contribution is 2.24. The molecule has 0 saturated heterocycles. The van der Waals surface area contributed by atoms with Gasteiger partial charge in [0.05, 0.1) is 28.1 Å². The molecule has 1 aliphatic heterocycles. The molecule has 16 heavy (non-hydrogen) atoms. The van der Waals surface area contributed by atoms with Gasteiger partial charge in [-0.2, -0.15) is 0 Å². The number of aromatic carboxylic acids is 1. The van der Waals surface area contributed by atoms with Crippen LogP contribution in [0.25, 0.3) is 0 Å². The van der Waals surface area contributed by atoms with E-state index >= 15 is 0 Å². The third kappa shape index (κ3) is 1.19. The summed E-state index contributed by atoms with van der Waals surface area (Å²) in [4.78, 5) is 37.9. The van der Waals surface area contributed by atoms with Gasteiger partial charge in [-0.3, -0.25) is 19.9 Å². The lowest BCUT2D eigenvalue weighted by atomic mass is 10.0. The Bertz CT molecular complexity index is 548. The Balaban J connectivity index is 2.89. The molecule has 1 aromatic rings. The summed E-state index contributed by atoms with van der Waals surface area (Å²) in [6.07, 6.45) is 0. The van der Waals surface area contributed by atoms with Crippen molar-refractivity contribution < 1.29 is 19.5 Å². The third-order valence-corrected chi connectivity index (χ3v) is 2.45. The lowest BCUT2D eigenvalue weighted by molar-refractivity contribution is 0.0689. The number of aryl methyl sites for hydroxylation is 2. The zero-order valence-electron chi connectivity index (χ0n) is 8.62. The van der Waals surface area contributed by atoms with Gasteiger partial charge in [0.25, 0.3) is 11.8 Å². The molecule has 0 radical (unpaired) electrons. The van der Waals surface area contributed by atoms with Crippen LogP contribution in [-0.2, 0) is 0 Å². The number of carbonyl (C=O) groups is 3. The molecule has 2 N–H and O–H groups in total. The first-order chi connectivity index (χ1) is 7.43. The van der Waals surface area contributed by atoms with Crippen molar-refractivity contribution in [1.82, 2.24) is 10.3 Å². The van der Waals surface area contributed by atoms with Crippen molar-refractivity contribution in [2.24, 2.45) is 0 Å². The molecule has 6 nitrogen and oxygen atoms in total. The maximum absolute atomic E-state index is 11.5. The number of carboxylic acids is 1. The Kier molecular flexibility index (Phi) is 2.01. The van der Waals surface area contributed by atoms with Crippen LogP contribution in [0.4, 0.5) is 0 Å². The fourth-order valence-electron chi connectivity index (χ4n) is 1.84. The Morgan fingerprint density at radius 3 is 2.25 bits per heavy atom. The van der Waals surface area contributed by atoms with Crippen LogP contribution >= 0.6 is 0 Å². The third-order valence-electron chi connectivity index (χ3n) is 2.45. The van der Waals surface area contributed by atoms with E-state index in [1.54, 1.807) is 6.92 Å². The van der Waals surface area contributed by atoms with E-state index in [-0.39, 0.29) is 22.4 Å². The summed E-state index contributed by atoms with van der Waals surface area (Å²) in [6.45, 7) is 3.06. The van der Waals surface area contributed by atoms with Gasteiger partial charge in [-0.05, 0) is 13.8 Å². The fourth-order valence-corrected chi connectivity index (χ4v) is 1.84. The second-order valence-electron chi connectivity index (χ2n) is 3.50. The molecule has 0 atom stereocenters. The number of aromatic nitrogens is 1. The average molecular weight is 220 g/mol. The van der Waals surface area contributed by atoms with Crippen LogP contribution in [0.2, 0.25) is 0 Å². The van der Waals surface area contributed by atoms with Gasteiger partial charge in [-0.1, -0.05) is 0 Å². The summed E-state index contributed by atoms with van der Waals surface area (Å²) in [7, 11) is 0. The van der Waals surface area contributed by atoms with Gasteiger partial charge >= 0.3 is 5.97 Å². The Morgan fingerprint density at radius 1 is 1.12 bits per heavy atom. The van der Waals surface area contributed by atoms with E-state index in [4.69, 9.17) is 5.11 Å². The van der Waals surface area contributed by atoms with Crippen LogP contribution in [0.3, 0.4) is 0 Å². The molecule has 0 unspecified atom stereocenters. The number of hydrogen-bond acceptors (Lipinski definition) is 4. The summed E-state index contributed by atoms with van der Waals surface area (Å²) < 4.78 is 0. The number of nitrogens with one attached hydrogen (secondary N) is 1. The Morgan fingerprint density at radius 2 is 1.69 bits per heavy atom. The lowest BCUT2D eigenvalue weighted by Gasteiger charge is -2.06. The minimum atomic E-state index is -1.26. The quantitative estimate of drug-likeness (QED) is 0.662. The van der Waals surface area contributed by atoms with Gasteiger partial charge in [-0.15, -0.1) is 0 Å². The van der Waals surface area contributed by atoms with E-state index in [0.717, 1.165) is 0 Å². The molecule has 0 spiro atoms. The van der Waals surface area contributed by atoms with Gasteiger partial charge in [0.15, 0.2) is 0 Å². The van der Waals surface area contributed by atoms with E-state index in [0.29, 0.717) is 5.69 Å². The number of carbonyl (C=O) groups excluding carboxylic acids is 2. The molecule has 0 fully saturated rings. The van der Waals surface area contributed by atoms with E-state index in [2.05, 4.69) is 10.3 Å². The molecule has 1 aliphatic rings. The molecule has 2 rings (SSSR count). The molecular weight excluding hydrogens is 212 g/mol. The van der Waals surface area contributed by atoms with E-state index in [1.807, 2.05) is 0 Å². The number of rotatable bonds is 1. The molecule has 0 saturated carbocycles. The van der Waals surface area contributed by atoms with Crippen LogP contribution in [0, 0.1) is 13.8 Å². The maximum Gasteiger partial charge on any atom is 0.338 e. The first-order valence-electron chi connectivity index (χ1n) is 4.53. The standard InChI is InChI=1S/C10H8N2O4/c1-3-5-7(9(14)12-8(5)13)6(10(15)16)4(2)11-3/h1-2H3,(H,15,16)(H,12,13,14). The molecule has 1 aromatic heterocycles. The van der Waals surface area contributed by atoms with Crippen molar-refractivity contribution in [2.75, 3.05) is 0 Å². The fraction of sp³-hybridized carbons (Fsp3) is 0.200. The Labute approximate surface area is 90.3 Å². The van der Waals surface area contributed by atoms with Gasteiger partial charge in [0.2, 0.25) is 0 Å².